The van der Waals surface area contributed by atoms with Crippen molar-refractivity contribution >= 4 is 22.2 Å². The van der Waals surface area contributed by atoms with Crippen LogP contribution in [0.1, 0.15) is 11.4 Å². The van der Waals surface area contributed by atoms with Gasteiger partial charge >= 0.3 is 0 Å². The number of nitrogen functional groups attached to an aromatic ring is 1. The lowest BCUT2D eigenvalue weighted by atomic mass is 9.98. The van der Waals surface area contributed by atoms with E-state index in [1.54, 1.807) is 0 Å². The normalized spacial score (nSPS) is 11.1. The summed E-state index contributed by atoms with van der Waals surface area (Å²) in [5, 5.41) is 19.5. The number of para-hydroxylation sites is 1. The zero-order valence-corrected chi connectivity index (χ0v) is 15.1. The molecule has 0 aliphatic heterocycles. The highest BCUT2D eigenvalue weighted by molar-refractivity contribution is 5.98. The maximum absolute atomic E-state index is 9.94. The highest BCUT2D eigenvalue weighted by atomic mass is 15.2. The summed E-state index contributed by atoms with van der Waals surface area (Å²) < 4.78 is 1.91. The van der Waals surface area contributed by atoms with Gasteiger partial charge in [0, 0.05) is 39.5 Å². The van der Waals surface area contributed by atoms with E-state index in [1.807, 2.05) is 72.1 Å². The minimum absolute atomic E-state index is 0.498. The monoisotopic (exact) mass is 364 g/mol. The van der Waals surface area contributed by atoms with E-state index in [0.717, 1.165) is 39.1 Å². The van der Waals surface area contributed by atoms with Gasteiger partial charge in [-0.15, -0.1) is 10.2 Å². The number of aromatic nitrogens is 4. The van der Waals surface area contributed by atoms with Crippen LogP contribution in [-0.2, 0) is 0 Å². The molecular weight excluding hydrogens is 348 g/mol. The van der Waals surface area contributed by atoms with E-state index < -0.39 is 0 Å². The second-order valence-electron chi connectivity index (χ2n) is 6.71. The van der Waals surface area contributed by atoms with E-state index in [2.05, 4.69) is 21.3 Å². The standard InChI is InChI=1S/C22H16N6/c1-13-26-27-22-18(11-23)17(19-12-25-20-8-3-2-7-16(19)20)10-21(28(13)22)14-5-4-6-15(24)9-14/h2-10,12,25H,24H2,1H3. The minimum Gasteiger partial charge on any atom is -0.399 e. The number of fused-ring (bicyclic) bond motifs is 2. The van der Waals surface area contributed by atoms with Crippen molar-refractivity contribution in [2.45, 2.75) is 6.92 Å². The van der Waals surface area contributed by atoms with Gasteiger partial charge in [0.1, 0.15) is 17.5 Å². The molecule has 0 aliphatic carbocycles. The number of hydrogen-bond acceptors (Lipinski definition) is 4. The lowest BCUT2D eigenvalue weighted by Crippen LogP contribution is -2.00. The molecule has 0 bridgehead atoms. The quantitative estimate of drug-likeness (QED) is 0.456. The Bertz CT molecular complexity index is 1400. The minimum atomic E-state index is 0.498. The SMILES string of the molecule is Cc1nnc2c(C#N)c(-c3c[nH]c4ccccc34)cc(-c3cccc(N)c3)n12. The molecule has 3 heterocycles. The molecule has 0 spiro atoms. The van der Waals surface area contributed by atoms with Crippen LogP contribution in [-0.4, -0.2) is 19.6 Å². The molecule has 0 fully saturated rings. The fourth-order valence-electron chi connectivity index (χ4n) is 3.73. The number of anilines is 1. The Hall–Kier alpha value is -4.11. The van der Waals surface area contributed by atoms with E-state index >= 15 is 0 Å². The number of nitriles is 1. The van der Waals surface area contributed by atoms with Crippen molar-refractivity contribution in [3.63, 3.8) is 0 Å². The Labute approximate surface area is 160 Å². The Morgan fingerprint density at radius 2 is 1.89 bits per heavy atom. The molecule has 0 saturated heterocycles. The number of H-pyrrole nitrogens is 1. The molecule has 3 N–H and O–H groups in total. The van der Waals surface area contributed by atoms with Crippen molar-refractivity contribution in [1.82, 2.24) is 19.6 Å². The van der Waals surface area contributed by atoms with Crippen molar-refractivity contribution < 1.29 is 0 Å². The maximum Gasteiger partial charge on any atom is 0.179 e. The van der Waals surface area contributed by atoms with Crippen LogP contribution < -0.4 is 5.73 Å². The molecule has 0 aliphatic rings. The van der Waals surface area contributed by atoms with Crippen LogP contribution in [0.15, 0.2) is 60.8 Å². The zero-order chi connectivity index (χ0) is 19.3. The van der Waals surface area contributed by atoms with Crippen molar-refractivity contribution in [2.24, 2.45) is 0 Å². The van der Waals surface area contributed by atoms with E-state index in [9.17, 15) is 5.26 Å². The van der Waals surface area contributed by atoms with Gasteiger partial charge in [-0.1, -0.05) is 30.3 Å². The number of nitrogens with zero attached hydrogens (tertiary/aromatic N) is 4. The van der Waals surface area contributed by atoms with Crippen molar-refractivity contribution in [2.75, 3.05) is 5.73 Å². The molecule has 0 unspecified atom stereocenters. The predicted molar refractivity (Wildman–Crippen MR) is 110 cm³/mol. The molecule has 2 aromatic carbocycles. The topological polar surface area (TPSA) is 95.8 Å². The molecule has 134 valence electrons. The summed E-state index contributed by atoms with van der Waals surface area (Å²) in [6, 6.07) is 20.1. The van der Waals surface area contributed by atoms with Crippen LogP contribution >= 0.6 is 0 Å². The number of aromatic amines is 1. The summed E-state index contributed by atoms with van der Waals surface area (Å²) in [5.74, 6) is 0.717. The molecule has 6 nitrogen and oxygen atoms in total. The van der Waals surface area contributed by atoms with Gasteiger partial charge in [0.15, 0.2) is 5.65 Å². The first-order valence-electron chi connectivity index (χ1n) is 8.88. The van der Waals surface area contributed by atoms with E-state index in [-0.39, 0.29) is 0 Å². The van der Waals surface area contributed by atoms with Crippen molar-refractivity contribution in [3.8, 4) is 28.5 Å². The maximum atomic E-state index is 9.94. The molecule has 5 rings (SSSR count). The number of nitrogens with two attached hydrogens (primary N) is 1. The van der Waals surface area contributed by atoms with Crippen LogP contribution in [0.4, 0.5) is 5.69 Å². The molecule has 0 atom stereocenters. The van der Waals surface area contributed by atoms with Gasteiger partial charge in [0.05, 0.1) is 5.69 Å². The molecule has 0 saturated carbocycles. The second-order valence-corrected chi connectivity index (χ2v) is 6.71. The van der Waals surface area contributed by atoms with Crippen LogP contribution in [0.3, 0.4) is 0 Å². The molecule has 28 heavy (non-hydrogen) atoms. The highest BCUT2D eigenvalue weighted by Gasteiger charge is 2.20. The first kappa shape index (κ1) is 16.1. The molecular formula is C22H16N6. The Kier molecular flexibility index (Phi) is 3.43. The lowest BCUT2D eigenvalue weighted by molar-refractivity contribution is 1.01. The summed E-state index contributed by atoms with van der Waals surface area (Å²) in [5.41, 5.74) is 12.4. The third-order valence-electron chi connectivity index (χ3n) is 5.01. The smallest absolute Gasteiger partial charge is 0.179 e. The number of benzene rings is 2. The molecule has 6 heteroatoms. The zero-order valence-electron chi connectivity index (χ0n) is 15.1. The van der Waals surface area contributed by atoms with Gasteiger partial charge in [0.2, 0.25) is 0 Å². The number of hydrogen-bond donors (Lipinski definition) is 2. The van der Waals surface area contributed by atoms with Gasteiger partial charge in [0.25, 0.3) is 0 Å². The highest BCUT2D eigenvalue weighted by Crippen LogP contribution is 2.36. The summed E-state index contributed by atoms with van der Waals surface area (Å²) in [6.07, 6.45) is 1.93. The van der Waals surface area contributed by atoms with Gasteiger partial charge in [-0.2, -0.15) is 5.26 Å². The molecule has 5 aromatic rings. The summed E-state index contributed by atoms with van der Waals surface area (Å²) in [6.45, 7) is 1.88. The first-order chi connectivity index (χ1) is 13.7. The van der Waals surface area contributed by atoms with Crippen LogP contribution in [0.2, 0.25) is 0 Å². The van der Waals surface area contributed by atoms with E-state index in [4.69, 9.17) is 5.73 Å². The summed E-state index contributed by atoms with van der Waals surface area (Å²) in [7, 11) is 0. The van der Waals surface area contributed by atoms with Gasteiger partial charge < -0.3 is 10.7 Å². The average Bonchev–Trinajstić information content (AvgIpc) is 3.31. The molecule has 3 aromatic heterocycles. The fourth-order valence-corrected chi connectivity index (χ4v) is 3.73. The van der Waals surface area contributed by atoms with Crippen LogP contribution in [0.25, 0.3) is 38.9 Å². The van der Waals surface area contributed by atoms with Gasteiger partial charge in [-0.05, 0) is 31.2 Å². The Morgan fingerprint density at radius 3 is 2.71 bits per heavy atom. The third kappa shape index (κ3) is 2.27. The first-order valence-corrected chi connectivity index (χ1v) is 8.88. The van der Waals surface area contributed by atoms with Gasteiger partial charge in [-0.3, -0.25) is 4.40 Å². The number of aryl methyl sites for hydroxylation is 1. The lowest BCUT2D eigenvalue weighted by Gasteiger charge is -2.12. The van der Waals surface area contributed by atoms with Crippen molar-refractivity contribution in [3.05, 3.63) is 72.2 Å². The van der Waals surface area contributed by atoms with Gasteiger partial charge in [-0.25, -0.2) is 0 Å². The number of pyridine rings is 1. The Balaban J connectivity index is 1.92. The third-order valence-corrected chi connectivity index (χ3v) is 5.01. The summed E-state index contributed by atoms with van der Waals surface area (Å²) >= 11 is 0. The average molecular weight is 364 g/mol. The van der Waals surface area contributed by atoms with Crippen molar-refractivity contribution in [1.29, 1.82) is 5.26 Å². The second kappa shape index (κ2) is 5.96. The van der Waals surface area contributed by atoms with Crippen LogP contribution in [0, 0.1) is 18.3 Å². The predicted octanol–water partition coefficient (Wildman–Crippen LogP) is 4.31. The molecule has 0 radical (unpaired) electrons. The number of nitrogens with one attached hydrogen (secondary N) is 1. The fraction of sp³-hybridized carbons (Fsp3) is 0.0455. The van der Waals surface area contributed by atoms with E-state index in [0.29, 0.717) is 16.9 Å². The largest absolute Gasteiger partial charge is 0.399 e. The summed E-state index contributed by atoms with van der Waals surface area (Å²) in [4.78, 5) is 3.29. The van der Waals surface area contributed by atoms with Crippen LogP contribution in [0.5, 0.6) is 0 Å². The Morgan fingerprint density at radius 1 is 1.04 bits per heavy atom. The van der Waals surface area contributed by atoms with E-state index in [1.165, 1.54) is 0 Å². The molecule has 0 amide bonds. The number of rotatable bonds is 2.